The Hall–Kier alpha value is -1.84. The van der Waals surface area contributed by atoms with Gasteiger partial charge in [-0.15, -0.1) is 0 Å². The van der Waals surface area contributed by atoms with Crippen LogP contribution in [-0.4, -0.2) is 17.9 Å². The van der Waals surface area contributed by atoms with E-state index in [2.05, 4.69) is 5.32 Å². The van der Waals surface area contributed by atoms with Gasteiger partial charge in [-0.3, -0.25) is 4.79 Å². The molecule has 0 heterocycles. The highest BCUT2D eigenvalue weighted by Gasteiger charge is 2.08. The number of amides is 1. The molecule has 0 radical (unpaired) electrons. The SMILES string of the molecule is CC(CC(=O)[O-])NC(=O)c1ccccc1. The van der Waals surface area contributed by atoms with E-state index in [1.165, 1.54) is 0 Å². The van der Waals surface area contributed by atoms with Crippen molar-refractivity contribution in [2.24, 2.45) is 0 Å². The van der Waals surface area contributed by atoms with Gasteiger partial charge in [0.15, 0.2) is 0 Å². The summed E-state index contributed by atoms with van der Waals surface area (Å²) >= 11 is 0. The van der Waals surface area contributed by atoms with E-state index < -0.39 is 12.0 Å². The fourth-order valence-electron chi connectivity index (χ4n) is 1.20. The van der Waals surface area contributed by atoms with Crippen molar-refractivity contribution in [3.63, 3.8) is 0 Å². The van der Waals surface area contributed by atoms with Gasteiger partial charge in [-0.1, -0.05) is 18.2 Å². The lowest BCUT2D eigenvalue weighted by atomic mass is 10.2. The van der Waals surface area contributed by atoms with Gasteiger partial charge >= 0.3 is 0 Å². The molecule has 1 rings (SSSR count). The van der Waals surface area contributed by atoms with Crippen molar-refractivity contribution in [2.75, 3.05) is 0 Å². The molecule has 15 heavy (non-hydrogen) atoms. The first-order chi connectivity index (χ1) is 7.09. The fourth-order valence-corrected chi connectivity index (χ4v) is 1.20. The Kier molecular flexibility index (Phi) is 3.85. The Morgan fingerprint density at radius 1 is 1.33 bits per heavy atom. The molecule has 4 nitrogen and oxygen atoms in total. The van der Waals surface area contributed by atoms with Crippen LogP contribution < -0.4 is 10.4 Å². The van der Waals surface area contributed by atoms with Crippen LogP contribution in [0.3, 0.4) is 0 Å². The smallest absolute Gasteiger partial charge is 0.251 e. The molecule has 0 bridgehead atoms. The molecule has 1 aromatic rings. The van der Waals surface area contributed by atoms with Gasteiger partial charge in [0.1, 0.15) is 0 Å². The zero-order valence-electron chi connectivity index (χ0n) is 8.40. The zero-order chi connectivity index (χ0) is 11.3. The predicted octanol–water partition coefficient (Wildman–Crippen LogP) is -0.0551. The van der Waals surface area contributed by atoms with E-state index in [0.717, 1.165) is 0 Å². The lowest BCUT2D eigenvalue weighted by molar-refractivity contribution is -0.306. The molecular formula is C11H12NO3-. The molecular weight excluding hydrogens is 194 g/mol. The number of benzene rings is 1. The molecule has 0 aromatic heterocycles. The Labute approximate surface area is 87.9 Å². The van der Waals surface area contributed by atoms with E-state index in [9.17, 15) is 14.7 Å². The Morgan fingerprint density at radius 2 is 1.93 bits per heavy atom. The number of rotatable bonds is 4. The molecule has 0 aliphatic heterocycles. The van der Waals surface area contributed by atoms with Crippen molar-refractivity contribution < 1.29 is 14.7 Å². The molecule has 80 valence electrons. The molecule has 0 aliphatic carbocycles. The number of nitrogens with one attached hydrogen (secondary N) is 1. The summed E-state index contributed by atoms with van der Waals surface area (Å²) in [5.74, 6) is -1.44. The van der Waals surface area contributed by atoms with Crippen molar-refractivity contribution in [1.82, 2.24) is 5.32 Å². The predicted molar refractivity (Wildman–Crippen MR) is 53.0 cm³/mol. The number of carboxylic acid groups (broad SMARTS) is 1. The second-order valence-corrected chi connectivity index (χ2v) is 3.32. The molecule has 1 aromatic carbocycles. The van der Waals surface area contributed by atoms with Gasteiger partial charge in [0.25, 0.3) is 5.91 Å². The van der Waals surface area contributed by atoms with Gasteiger partial charge in [0.05, 0.1) is 0 Å². The highest BCUT2D eigenvalue weighted by atomic mass is 16.4. The van der Waals surface area contributed by atoms with Gasteiger partial charge < -0.3 is 15.2 Å². The summed E-state index contributed by atoms with van der Waals surface area (Å²) < 4.78 is 0. The van der Waals surface area contributed by atoms with E-state index in [0.29, 0.717) is 5.56 Å². The average molecular weight is 206 g/mol. The minimum atomic E-state index is -1.17. The van der Waals surface area contributed by atoms with Crippen LogP contribution in [0.1, 0.15) is 23.7 Å². The molecule has 1 amide bonds. The molecule has 0 fully saturated rings. The van der Waals surface area contributed by atoms with Crippen molar-refractivity contribution in [2.45, 2.75) is 19.4 Å². The first-order valence-corrected chi connectivity index (χ1v) is 4.65. The number of aliphatic carboxylic acids is 1. The highest BCUT2D eigenvalue weighted by molar-refractivity contribution is 5.94. The first-order valence-electron chi connectivity index (χ1n) is 4.65. The summed E-state index contributed by atoms with van der Waals surface area (Å²) in [6.07, 6.45) is -0.182. The van der Waals surface area contributed by atoms with Crippen molar-refractivity contribution in [3.05, 3.63) is 35.9 Å². The second-order valence-electron chi connectivity index (χ2n) is 3.32. The normalized spacial score (nSPS) is 11.8. The minimum absolute atomic E-state index is 0.182. The molecule has 4 heteroatoms. The zero-order valence-corrected chi connectivity index (χ0v) is 8.40. The maximum absolute atomic E-state index is 11.5. The largest absolute Gasteiger partial charge is 0.550 e. The van der Waals surface area contributed by atoms with Gasteiger partial charge in [0.2, 0.25) is 0 Å². The number of hydrogen-bond donors (Lipinski definition) is 1. The summed E-state index contributed by atoms with van der Waals surface area (Å²) in [4.78, 5) is 21.8. The second kappa shape index (κ2) is 5.14. The maximum Gasteiger partial charge on any atom is 0.251 e. The van der Waals surface area contributed by atoms with E-state index in [1.54, 1.807) is 37.3 Å². The molecule has 0 aliphatic rings. The minimum Gasteiger partial charge on any atom is -0.550 e. The van der Waals surface area contributed by atoms with Crippen LogP contribution in [0.5, 0.6) is 0 Å². The Bertz CT molecular complexity index is 348. The highest BCUT2D eigenvalue weighted by Crippen LogP contribution is 1.99. The fraction of sp³-hybridized carbons (Fsp3) is 0.273. The third-order valence-electron chi connectivity index (χ3n) is 1.89. The topological polar surface area (TPSA) is 69.2 Å². The monoisotopic (exact) mass is 206 g/mol. The van der Waals surface area contributed by atoms with Crippen molar-refractivity contribution >= 4 is 11.9 Å². The van der Waals surface area contributed by atoms with Gasteiger partial charge in [-0.25, -0.2) is 0 Å². The van der Waals surface area contributed by atoms with Crippen LogP contribution in [0.15, 0.2) is 30.3 Å². The number of carboxylic acids is 1. The van der Waals surface area contributed by atoms with Crippen LogP contribution in [0, 0.1) is 0 Å². The maximum atomic E-state index is 11.5. The summed E-state index contributed by atoms with van der Waals surface area (Å²) in [6, 6.07) is 8.21. The molecule has 1 unspecified atom stereocenters. The lowest BCUT2D eigenvalue weighted by Crippen LogP contribution is -2.37. The summed E-state index contributed by atoms with van der Waals surface area (Å²) in [7, 11) is 0. The number of carbonyl (C=O) groups excluding carboxylic acids is 2. The van der Waals surface area contributed by atoms with Crippen LogP contribution in [-0.2, 0) is 4.79 Å². The number of carbonyl (C=O) groups is 2. The van der Waals surface area contributed by atoms with Crippen molar-refractivity contribution in [1.29, 1.82) is 0 Å². The van der Waals surface area contributed by atoms with E-state index in [4.69, 9.17) is 0 Å². The van der Waals surface area contributed by atoms with Gasteiger partial charge in [0, 0.05) is 24.0 Å². The van der Waals surface area contributed by atoms with E-state index >= 15 is 0 Å². The first kappa shape index (κ1) is 11.2. The standard InChI is InChI=1S/C11H13NO3/c1-8(7-10(13)14)12-11(15)9-5-3-2-4-6-9/h2-6,8H,7H2,1H3,(H,12,15)(H,13,14)/p-1. The molecule has 0 saturated carbocycles. The molecule has 1 N–H and O–H groups in total. The molecule has 1 atom stereocenters. The lowest BCUT2D eigenvalue weighted by Gasteiger charge is -2.14. The van der Waals surface area contributed by atoms with E-state index in [1.807, 2.05) is 0 Å². The summed E-state index contributed by atoms with van der Waals surface area (Å²) in [6.45, 7) is 1.62. The third kappa shape index (κ3) is 3.81. The van der Waals surface area contributed by atoms with Gasteiger partial charge in [-0.2, -0.15) is 0 Å². The van der Waals surface area contributed by atoms with Crippen LogP contribution in [0.2, 0.25) is 0 Å². The van der Waals surface area contributed by atoms with Gasteiger partial charge in [-0.05, 0) is 19.1 Å². The summed E-state index contributed by atoms with van der Waals surface area (Å²) in [5, 5.41) is 12.8. The quantitative estimate of drug-likeness (QED) is 0.750. The Morgan fingerprint density at radius 3 is 2.47 bits per heavy atom. The molecule has 0 spiro atoms. The van der Waals surface area contributed by atoms with Crippen LogP contribution in [0.4, 0.5) is 0 Å². The summed E-state index contributed by atoms with van der Waals surface area (Å²) in [5.41, 5.74) is 0.516. The average Bonchev–Trinajstić information content (AvgIpc) is 2.17. The third-order valence-corrected chi connectivity index (χ3v) is 1.89. The molecule has 0 saturated heterocycles. The number of hydrogen-bond acceptors (Lipinski definition) is 3. The van der Waals surface area contributed by atoms with Crippen LogP contribution in [0.25, 0.3) is 0 Å². The van der Waals surface area contributed by atoms with Crippen LogP contribution >= 0.6 is 0 Å². The Balaban J connectivity index is 2.53. The van der Waals surface area contributed by atoms with E-state index in [-0.39, 0.29) is 12.3 Å². The van der Waals surface area contributed by atoms with Crippen molar-refractivity contribution in [3.8, 4) is 0 Å².